The number of aliphatic hydroxyl groups is 1. The molecule has 0 aromatic heterocycles. The lowest BCUT2D eigenvalue weighted by atomic mass is 10.0. The first-order valence-corrected chi connectivity index (χ1v) is 21.9. The molecular weight excluding hydrogens is 613 g/mol. The van der Waals surface area contributed by atoms with Gasteiger partial charge >= 0.3 is 0 Å². The van der Waals surface area contributed by atoms with Gasteiger partial charge in [0, 0.05) is 0 Å². The highest BCUT2D eigenvalue weighted by atomic mass is 28.4. The van der Waals surface area contributed by atoms with Gasteiger partial charge in [0.25, 0.3) is 8.32 Å². The second-order valence-electron chi connectivity index (χ2n) is 15.3. The van der Waals surface area contributed by atoms with Gasteiger partial charge in [0.1, 0.15) is 6.10 Å². The Balaban J connectivity index is 2.17. The first-order chi connectivity index (χ1) is 22.1. The molecule has 6 heteroatoms. The number of benzene rings is 3. The lowest BCUT2D eigenvalue weighted by Gasteiger charge is -2.46. The van der Waals surface area contributed by atoms with Crippen molar-refractivity contribution in [1.82, 2.24) is 0 Å². The highest BCUT2D eigenvalue weighted by Gasteiger charge is 2.52. The van der Waals surface area contributed by atoms with Crippen LogP contribution in [0.25, 0.3) is 0 Å². The molecule has 3 aromatic carbocycles. The van der Waals surface area contributed by atoms with Crippen molar-refractivity contribution in [2.45, 2.75) is 117 Å². The molecule has 0 aliphatic heterocycles. The smallest absolute Gasteiger partial charge is 0.262 e. The molecule has 4 nitrogen and oxygen atoms in total. The Morgan fingerprint density at radius 3 is 1.64 bits per heavy atom. The molecule has 3 atom stereocenters. The normalized spacial score (nSPS) is 15.7. The van der Waals surface area contributed by atoms with Crippen LogP contribution in [0.15, 0.2) is 114 Å². The quantitative estimate of drug-likeness (QED) is 0.129. The molecule has 0 aliphatic carbocycles. The molecule has 3 aromatic rings. The zero-order valence-corrected chi connectivity index (χ0v) is 32.8. The molecule has 0 amide bonds. The third kappa shape index (κ3) is 9.74. The SMILES string of the molecule is C/C=C(/C)[C@@H](C/C=C(\C)[C@@H](O[Si](c1ccccc1)(c1ccccc1)C(C)(C)C)[C@@H](CO)OCc1ccccc1)O[Si](C)(C)C(C)(C)C. The van der Waals surface area contributed by atoms with Crippen molar-refractivity contribution < 1.29 is 18.7 Å². The standard InChI is InChI=1S/C41H60O4Si2/c1-12-32(2)37(44-46(10,11)40(4,5)6)29-28-33(3)39(38(30-42)43-31-34-22-16-13-17-23-34)45-47(41(7,8)9,35-24-18-14-19-25-35)36-26-20-15-21-27-36/h12-28,37-39,42H,29-31H2,1-11H3/b32-12-,33-28+/t37-,38-,39-/m1/s1. The van der Waals surface area contributed by atoms with Crippen LogP contribution in [0.1, 0.15) is 74.3 Å². The number of aliphatic hydroxyl groups excluding tert-OH is 1. The van der Waals surface area contributed by atoms with E-state index >= 15 is 0 Å². The molecule has 0 fully saturated rings. The number of allylic oxidation sites excluding steroid dienone is 1. The fraction of sp³-hybridized carbons (Fsp3) is 0.463. The maximum absolute atomic E-state index is 11.0. The van der Waals surface area contributed by atoms with Crippen molar-refractivity contribution >= 4 is 27.0 Å². The monoisotopic (exact) mass is 672 g/mol. The molecule has 0 heterocycles. The second kappa shape index (κ2) is 16.7. The van der Waals surface area contributed by atoms with Gasteiger partial charge in [0.05, 0.1) is 25.4 Å². The fourth-order valence-electron chi connectivity index (χ4n) is 5.81. The van der Waals surface area contributed by atoms with Crippen LogP contribution in [0.4, 0.5) is 0 Å². The average Bonchev–Trinajstić information content (AvgIpc) is 3.04. The first kappa shape index (κ1) is 38.9. The predicted octanol–water partition coefficient (Wildman–Crippen LogP) is 9.20. The summed E-state index contributed by atoms with van der Waals surface area (Å²) in [5.41, 5.74) is 3.32. The van der Waals surface area contributed by atoms with Crippen molar-refractivity contribution in [3.8, 4) is 0 Å². The Kier molecular flexibility index (Phi) is 13.8. The average molecular weight is 673 g/mol. The van der Waals surface area contributed by atoms with Crippen LogP contribution >= 0.6 is 0 Å². The van der Waals surface area contributed by atoms with E-state index in [1.807, 2.05) is 18.2 Å². The highest BCUT2D eigenvalue weighted by Crippen LogP contribution is 2.40. The van der Waals surface area contributed by atoms with Crippen LogP contribution < -0.4 is 10.4 Å². The predicted molar refractivity (Wildman–Crippen MR) is 204 cm³/mol. The van der Waals surface area contributed by atoms with Crippen LogP contribution in [0, 0.1) is 0 Å². The van der Waals surface area contributed by atoms with Gasteiger partial charge in [0.2, 0.25) is 0 Å². The lowest BCUT2D eigenvalue weighted by Crippen LogP contribution is -2.68. The zero-order chi connectivity index (χ0) is 34.9. The number of rotatable bonds is 15. The molecule has 0 aliphatic rings. The zero-order valence-electron chi connectivity index (χ0n) is 30.8. The lowest BCUT2D eigenvalue weighted by molar-refractivity contribution is -0.0524. The summed E-state index contributed by atoms with van der Waals surface area (Å²) in [6.45, 7) is 24.9. The van der Waals surface area contributed by atoms with Gasteiger partial charge in [-0.3, -0.25) is 0 Å². The van der Waals surface area contributed by atoms with Crippen LogP contribution in [-0.4, -0.2) is 46.7 Å². The maximum atomic E-state index is 11.0. The van der Waals surface area contributed by atoms with Gasteiger partial charge in [-0.05, 0) is 77.4 Å². The van der Waals surface area contributed by atoms with E-state index in [1.165, 1.54) is 15.9 Å². The summed E-state index contributed by atoms with van der Waals surface area (Å²) < 4.78 is 21.2. The van der Waals surface area contributed by atoms with Crippen molar-refractivity contribution in [2.24, 2.45) is 0 Å². The van der Waals surface area contributed by atoms with Gasteiger partial charge in [0.15, 0.2) is 8.32 Å². The first-order valence-electron chi connectivity index (χ1n) is 17.1. The Bertz CT molecular complexity index is 1380. The summed E-state index contributed by atoms with van der Waals surface area (Å²) >= 11 is 0. The number of hydrogen-bond donors (Lipinski definition) is 1. The van der Waals surface area contributed by atoms with Crippen molar-refractivity contribution in [3.63, 3.8) is 0 Å². The Hall–Kier alpha value is -2.59. The molecule has 0 bridgehead atoms. The molecule has 47 heavy (non-hydrogen) atoms. The molecule has 0 saturated carbocycles. The summed E-state index contributed by atoms with van der Waals surface area (Å²) in [4.78, 5) is 0. The van der Waals surface area contributed by atoms with E-state index in [0.717, 1.165) is 11.1 Å². The molecule has 0 saturated heterocycles. The van der Waals surface area contributed by atoms with Gasteiger partial charge < -0.3 is 18.7 Å². The van der Waals surface area contributed by atoms with Crippen LogP contribution in [0.5, 0.6) is 0 Å². The Morgan fingerprint density at radius 2 is 1.21 bits per heavy atom. The molecule has 0 radical (unpaired) electrons. The molecule has 0 unspecified atom stereocenters. The number of ether oxygens (including phenoxy) is 1. The van der Waals surface area contributed by atoms with E-state index in [4.69, 9.17) is 13.6 Å². The Morgan fingerprint density at radius 1 is 0.723 bits per heavy atom. The van der Waals surface area contributed by atoms with E-state index in [-0.39, 0.29) is 22.8 Å². The van der Waals surface area contributed by atoms with E-state index in [1.54, 1.807) is 0 Å². The second-order valence-corrected chi connectivity index (χ2v) is 24.3. The summed E-state index contributed by atoms with van der Waals surface area (Å²) in [6, 6.07) is 31.5. The summed E-state index contributed by atoms with van der Waals surface area (Å²) in [7, 11) is -5.01. The van der Waals surface area contributed by atoms with Crippen molar-refractivity contribution in [1.29, 1.82) is 0 Å². The van der Waals surface area contributed by atoms with E-state index in [9.17, 15) is 5.11 Å². The largest absolute Gasteiger partial charge is 0.410 e. The van der Waals surface area contributed by atoms with E-state index < -0.39 is 28.8 Å². The highest BCUT2D eigenvalue weighted by molar-refractivity contribution is 6.99. The summed E-state index contributed by atoms with van der Waals surface area (Å²) in [5, 5.41) is 13.2. The molecule has 0 spiro atoms. The topological polar surface area (TPSA) is 47.9 Å². The molecule has 3 rings (SSSR count). The van der Waals surface area contributed by atoms with Crippen LogP contribution in [0.3, 0.4) is 0 Å². The molecule has 256 valence electrons. The van der Waals surface area contributed by atoms with Gasteiger partial charge in [-0.25, -0.2) is 0 Å². The molecular formula is C41H60O4Si2. The minimum absolute atomic E-state index is 0.0397. The summed E-state index contributed by atoms with van der Waals surface area (Å²) in [6.07, 6.45) is 4.04. The molecule has 1 N–H and O–H groups in total. The van der Waals surface area contributed by atoms with Gasteiger partial charge in [-0.1, -0.05) is 145 Å². The fourth-order valence-corrected chi connectivity index (χ4v) is 11.9. The van der Waals surface area contributed by atoms with Gasteiger partial charge in [-0.15, -0.1) is 0 Å². The summed E-state index contributed by atoms with van der Waals surface area (Å²) in [5.74, 6) is 0. The van der Waals surface area contributed by atoms with Gasteiger partial charge in [-0.2, -0.15) is 0 Å². The van der Waals surface area contributed by atoms with Crippen molar-refractivity contribution in [2.75, 3.05) is 6.61 Å². The minimum Gasteiger partial charge on any atom is -0.410 e. The third-order valence-electron chi connectivity index (χ3n) is 9.85. The van der Waals surface area contributed by atoms with Crippen LogP contribution in [0.2, 0.25) is 23.2 Å². The van der Waals surface area contributed by atoms with Crippen LogP contribution in [-0.2, 0) is 20.2 Å². The van der Waals surface area contributed by atoms with E-state index in [2.05, 4.69) is 160 Å². The van der Waals surface area contributed by atoms with Crippen molar-refractivity contribution in [3.05, 3.63) is 120 Å². The maximum Gasteiger partial charge on any atom is 0.262 e. The van der Waals surface area contributed by atoms with E-state index in [0.29, 0.717) is 13.0 Å². The number of hydrogen-bond acceptors (Lipinski definition) is 4. The Labute approximate surface area is 288 Å². The third-order valence-corrected chi connectivity index (χ3v) is 19.4. The minimum atomic E-state index is -2.98.